The molecule has 0 heterocycles. The third-order valence-electron chi connectivity index (χ3n) is 15.4. The van der Waals surface area contributed by atoms with Gasteiger partial charge in [0.1, 0.15) is 13.2 Å². The van der Waals surface area contributed by atoms with Gasteiger partial charge in [-0.15, -0.1) is 0 Å². The van der Waals surface area contributed by atoms with Gasteiger partial charge in [-0.1, -0.05) is 333 Å². The van der Waals surface area contributed by atoms with E-state index < -0.39 is 6.10 Å². The fourth-order valence-electron chi connectivity index (χ4n) is 10.3. The smallest absolute Gasteiger partial charge is 0.306 e. The molecule has 0 saturated carbocycles. The third-order valence-corrected chi connectivity index (χ3v) is 15.4. The number of ether oxygens (including phenoxy) is 3. The highest BCUT2D eigenvalue weighted by Gasteiger charge is 2.19. The molecule has 0 bridgehead atoms. The molecule has 0 amide bonds. The van der Waals surface area contributed by atoms with Crippen LogP contribution in [-0.2, 0) is 28.6 Å². The molecule has 0 aromatic heterocycles. The van der Waals surface area contributed by atoms with E-state index in [4.69, 9.17) is 14.2 Å². The second-order valence-electron chi connectivity index (χ2n) is 23.1. The Morgan fingerprint density at radius 2 is 0.474 bits per heavy atom. The summed E-state index contributed by atoms with van der Waals surface area (Å²) in [6.07, 6.45) is 80.1. The van der Waals surface area contributed by atoms with Gasteiger partial charge < -0.3 is 14.2 Å². The van der Waals surface area contributed by atoms with Gasteiger partial charge in [0.15, 0.2) is 6.10 Å². The Bertz CT molecular complexity index is 1270. The van der Waals surface area contributed by atoms with Crippen LogP contribution in [0.4, 0.5) is 0 Å². The average molecular weight is 1070 g/mol. The quantitative estimate of drug-likeness (QED) is 0.0261. The molecular formula is C70H130O6. The lowest BCUT2D eigenvalue weighted by atomic mass is 10.0. The fourth-order valence-corrected chi connectivity index (χ4v) is 10.3. The van der Waals surface area contributed by atoms with Crippen molar-refractivity contribution in [2.75, 3.05) is 13.2 Å². The lowest BCUT2D eigenvalue weighted by Gasteiger charge is -2.18. The van der Waals surface area contributed by atoms with E-state index in [0.717, 1.165) is 77.0 Å². The number of hydrogen-bond acceptors (Lipinski definition) is 6. The summed E-state index contributed by atoms with van der Waals surface area (Å²) in [5.41, 5.74) is 0. The topological polar surface area (TPSA) is 78.9 Å². The number of unbranched alkanes of at least 4 members (excludes halogenated alkanes) is 46. The van der Waals surface area contributed by atoms with E-state index in [1.54, 1.807) is 0 Å². The molecule has 0 saturated heterocycles. The summed E-state index contributed by atoms with van der Waals surface area (Å²) in [6.45, 7) is 6.70. The standard InChI is InChI=1S/C70H130O6/c1-4-7-10-13-16-19-22-25-28-31-33-34-35-36-37-40-42-45-48-51-54-57-60-63-69(72)75-66-67(65-74-68(71)62-59-56-53-50-47-44-41-38-30-27-24-21-18-15-12-9-6-3)76-70(73)64-61-58-55-52-49-46-43-39-32-29-26-23-20-17-14-11-8-5-2/h22,25,31,33,35-36,67H,4-21,23-24,26-30,32,34,37-66H2,1-3H3/b25-22-,33-31-,36-35-. The van der Waals surface area contributed by atoms with Crippen LogP contribution in [-0.4, -0.2) is 37.2 Å². The molecule has 0 aliphatic heterocycles. The highest BCUT2D eigenvalue weighted by Crippen LogP contribution is 2.18. The summed E-state index contributed by atoms with van der Waals surface area (Å²) in [6, 6.07) is 0. The number of carbonyl (C=O) groups is 3. The van der Waals surface area contributed by atoms with Crippen LogP contribution in [0.3, 0.4) is 0 Å². The Kier molecular flexibility index (Phi) is 63.1. The van der Waals surface area contributed by atoms with Crippen LogP contribution in [0, 0.1) is 0 Å². The summed E-state index contributed by atoms with van der Waals surface area (Å²) in [4.78, 5) is 38.4. The molecule has 0 aromatic carbocycles. The largest absolute Gasteiger partial charge is 0.462 e. The minimum Gasteiger partial charge on any atom is -0.462 e. The van der Waals surface area contributed by atoms with Gasteiger partial charge in [-0.2, -0.15) is 0 Å². The van der Waals surface area contributed by atoms with E-state index in [2.05, 4.69) is 57.2 Å². The van der Waals surface area contributed by atoms with Gasteiger partial charge in [-0.25, -0.2) is 0 Å². The number of carbonyl (C=O) groups excluding carboxylic acids is 3. The zero-order valence-electron chi connectivity index (χ0n) is 51.3. The average Bonchev–Trinajstić information content (AvgIpc) is 3.42. The molecule has 0 fully saturated rings. The Labute approximate surface area is 474 Å². The van der Waals surface area contributed by atoms with Gasteiger partial charge in [-0.05, 0) is 57.8 Å². The van der Waals surface area contributed by atoms with Gasteiger partial charge in [0.2, 0.25) is 0 Å². The van der Waals surface area contributed by atoms with Crippen molar-refractivity contribution in [2.45, 2.75) is 380 Å². The molecular weight excluding hydrogens is 937 g/mol. The first-order valence-corrected chi connectivity index (χ1v) is 34.0. The van der Waals surface area contributed by atoms with E-state index in [9.17, 15) is 14.4 Å². The molecule has 0 aromatic rings. The maximum absolute atomic E-state index is 12.9. The van der Waals surface area contributed by atoms with Crippen molar-refractivity contribution in [1.29, 1.82) is 0 Å². The number of hydrogen-bond donors (Lipinski definition) is 0. The van der Waals surface area contributed by atoms with Crippen molar-refractivity contribution in [3.8, 4) is 0 Å². The summed E-state index contributed by atoms with van der Waals surface area (Å²) >= 11 is 0. The van der Waals surface area contributed by atoms with Crippen LogP contribution in [0.5, 0.6) is 0 Å². The molecule has 0 radical (unpaired) electrons. The van der Waals surface area contributed by atoms with Crippen molar-refractivity contribution in [3.63, 3.8) is 0 Å². The lowest BCUT2D eigenvalue weighted by Crippen LogP contribution is -2.30. The molecule has 76 heavy (non-hydrogen) atoms. The van der Waals surface area contributed by atoms with Crippen LogP contribution in [0.1, 0.15) is 374 Å². The predicted molar refractivity (Wildman–Crippen MR) is 330 cm³/mol. The molecule has 446 valence electrons. The van der Waals surface area contributed by atoms with E-state index in [-0.39, 0.29) is 31.1 Å². The molecule has 0 N–H and O–H groups in total. The summed E-state index contributed by atoms with van der Waals surface area (Å²) in [5, 5.41) is 0. The maximum atomic E-state index is 12.9. The zero-order chi connectivity index (χ0) is 55.0. The van der Waals surface area contributed by atoms with Gasteiger partial charge in [0.25, 0.3) is 0 Å². The Balaban J connectivity index is 4.32. The van der Waals surface area contributed by atoms with Crippen molar-refractivity contribution in [2.24, 2.45) is 0 Å². The Morgan fingerprint density at radius 3 is 0.737 bits per heavy atom. The molecule has 1 unspecified atom stereocenters. The highest BCUT2D eigenvalue weighted by atomic mass is 16.6. The van der Waals surface area contributed by atoms with Crippen LogP contribution in [0.25, 0.3) is 0 Å². The maximum Gasteiger partial charge on any atom is 0.306 e. The summed E-state index contributed by atoms with van der Waals surface area (Å²) < 4.78 is 17.0. The SMILES string of the molecule is CCCCCCC/C=C\C/C=C\C/C=C\CCCCCCCCCCC(=O)OCC(COC(=O)CCCCCCCCCCCCCCCCCCC)OC(=O)CCCCCCCCCCCCCCCCCCCC. The van der Waals surface area contributed by atoms with E-state index in [1.165, 1.54) is 257 Å². The van der Waals surface area contributed by atoms with E-state index in [1.807, 2.05) is 0 Å². The van der Waals surface area contributed by atoms with E-state index >= 15 is 0 Å². The van der Waals surface area contributed by atoms with Crippen LogP contribution >= 0.6 is 0 Å². The van der Waals surface area contributed by atoms with Crippen molar-refractivity contribution in [1.82, 2.24) is 0 Å². The second-order valence-corrected chi connectivity index (χ2v) is 23.1. The molecule has 0 spiro atoms. The Hall–Kier alpha value is -2.37. The van der Waals surface area contributed by atoms with Crippen molar-refractivity contribution < 1.29 is 28.6 Å². The van der Waals surface area contributed by atoms with E-state index in [0.29, 0.717) is 19.3 Å². The fraction of sp³-hybridized carbons (Fsp3) is 0.871. The molecule has 6 nitrogen and oxygen atoms in total. The minimum absolute atomic E-state index is 0.0684. The zero-order valence-corrected chi connectivity index (χ0v) is 51.3. The van der Waals surface area contributed by atoms with Gasteiger partial charge >= 0.3 is 17.9 Å². The summed E-state index contributed by atoms with van der Waals surface area (Å²) in [7, 11) is 0. The molecule has 0 aliphatic rings. The first-order chi connectivity index (χ1) is 37.5. The molecule has 6 heteroatoms. The number of rotatable bonds is 63. The van der Waals surface area contributed by atoms with Crippen LogP contribution < -0.4 is 0 Å². The summed E-state index contributed by atoms with van der Waals surface area (Å²) in [5.74, 6) is -0.846. The van der Waals surface area contributed by atoms with Crippen LogP contribution in [0.2, 0.25) is 0 Å². The molecule has 0 rings (SSSR count). The third kappa shape index (κ3) is 62.5. The normalized spacial score (nSPS) is 12.2. The van der Waals surface area contributed by atoms with Crippen molar-refractivity contribution >= 4 is 17.9 Å². The van der Waals surface area contributed by atoms with Gasteiger partial charge in [0.05, 0.1) is 0 Å². The van der Waals surface area contributed by atoms with Gasteiger partial charge in [-0.3, -0.25) is 14.4 Å². The Morgan fingerprint density at radius 1 is 0.263 bits per heavy atom. The lowest BCUT2D eigenvalue weighted by molar-refractivity contribution is -0.167. The van der Waals surface area contributed by atoms with Gasteiger partial charge in [0, 0.05) is 19.3 Å². The second kappa shape index (κ2) is 65.2. The first-order valence-electron chi connectivity index (χ1n) is 34.0. The van der Waals surface area contributed by atoms with Crippen LogP contribution in [0.15, 0.2) is 36.5 Å². The first kappa shape index (κ1) is 73.6. The molecule has 1 atom stereocenters. The highest BCUT2D eigenvalue weighted by molar-refractivity contribution is 5.71. The minimum atomic E-state index is -0.772. The van der Waals surface area contributed by atoms with Crippen molar-refractivity contribution in [3.05, 3.63) is 36.5 Å². The predicted octanol–water partition coefficient (Wildman–Crippen LogP) is 23.2. The monoisotopic (exact) mass is 1070 g/mol. The molecule has 0 aliphatic carbocycles. The number of esters is 3. The number of allylic oxidation sites excluding steroid dienone is 6.